The average molecular weight is 506 g/mol. The number of rotatable bonds is 2. The molecule has 0 amide bonds. The first-order valence-corrected chi connectivity index (χ1v) is 13.8. The number of epoxide rings is 1. The van der Waals surface area contributed by atoms with Gasteiger partial charge in [0.1, 0.15) is 11.9 Å². The lowest BCUT2D eigenvalue weighted by Crippen LogP contribution is -2.44. The van der Waals surface area contributed by atoms with Gasteiger partial charge in [-0.3, -0.25) is 9.59 Å². The zero-order valence-electron chi connectivity index (χ0n) is 22.6. The zero-order valence-corrected chi connectivity index (χ0v) is 23.4. The number of hydrogen-bond acceptors (Lipinski definition) is 7. The molecule has 35 heavy (non-hydrogen) atoms. The number of carbonyl (C=O) groups is 2. The van der Waals surface area contributed by atoms with Gasteiger partial charge in [0.05, 0.1) is 40.3 Å². The molecule has 1 N–H and O–H groups in total. The number of cyclic esters (lactones) is 1. The van der Waals surface area contributed by atoms with Crippen LogP contribution in [0.3, 0.4) is 0 Å². The van der Waals surface area contributed by atoms with E-state index in [-0.39, 0.29) is 35.7 Å². The minimum absolute atomic E-state index is 0.00618. The first-order chi connectivity index (χ1) is 16.2. The lowest BCUT2D eigenvalue weighted by molar-refractivity contribution is -0.154. The summed E-state index contributed by atoms with van der Waals surface area (Å²) in [7, 11) is 0. The number of aliphatic hydroxyl groups is 1. The second-order valence-electron chi connectivity index (χ2n) is 11.6. The van der Waals surface area contributed by atoms with Crippen LogP contribution in [0.1, 0.15) is 91.3 Å². The van der Waals surface area contributed by atoms with E-state index < -0.39 is 23.6 Å². The molecule has 7 heteroatoms. The lowest BCUT2D eigenvalue weighted by atomic mass is 9.70. The summed E-state index contributed by atoms with van der Waals surface area (Å²) in [5.74, 6) is -0.162. The van der Waals surface area contributed by atoms with Gasteiger partial charge in [-0.1, -0.05) is 47.5 Å². The lowest BCUT2D eigenvalue weighted by Gasteiger charge is -2.35. The molecule has 7 atom stereocenters. The minimum atomic E-state index is -1.12. The highest BCUT2D eigenvalue weighted by Gasteiger charge is 2.53. The Hall–Kier alpha value is -1.57. The molecule has 3 rings (SSSR count). The van der Waals surface area contributed by atoms with Gasteiger partial charge in [-0.25, -0.2) is 4.98 Å². The van der Waals surface area contributed by atoms with Crippen molar-refractivity contribution in [2.75, 3.05) is 0 Å². The van der Waals surface area contributed by atoms with Gasteiger partial charge in [0, 0.05) is 17.7 Å². The fourth-order valence-corrected chi connectivity index (χ4v) is 5.81. The van der Waals surface area contributed by atoms with Crippen molar-refractivity contribution >= 4 is 29.2 Å². The minimum Gasteiger partial charge on any atom is -0.458 e. The molecule has 6 nitrogen and oxygen atoms in total. The number of Topliss-reactive ketones (excluding diaryl/α,β-unsaturated/α-hetero) is 1. The molecule has 2 fully saturated rings. The maximum atomic E-state index is 13.4. The van der Waals surface area contributed by atoms with Crippen LogP contribution in [-0.2, 0) is 19.1 Å². The molecule has 1 aromatic rings. The zero-order chi connectivity index (χ0) is 26.1. The average Bonchev–Trinajstić information content (AvgIpc) is 3.22. The van der Waals surface area contributed by atoms with Crippen molar-refractivity contribution in [1.82, 2.24) is 4.98 Å². The Morgan fingerprint density at radius 2 is 1.91 bits per heavy atom. The van der Waals surface area contributed by atoms with Gasteiger partial charge in [0.25, 0.3) is 0 Å². The molecule has 2 aliphatic rings. The molecular weight excluding hydrogens is 462 g/mol. The van der Waals surface area contributed by atoms with Crippen LogP contribution in [0.2, 0.25) is 0 Å². The Balaban J connectivity index is 1.85. The van der Waals surface area contributed by atoms with E-state index in [1.54, 1.807) is 25.2 Å². The van der Waals surface area contributed by atoms with Gasteiger partial charge in [-0.05, 0) is 50.7 Å². The Morgan fingerprint density at radius 1 is 1.23 bits per heavy atom. The Morgan fingerprint density at radius 3 is 2.54 bits per heavy atom. The Kier molecular flexibility index (Phi) is 8.65. The number of hydrogen-bond donors (Lipinski definition) is 1. The van der Waals surface area contributed by atoms with Gasteiger partial charge in [-0.2, -0.15) is 0 Å². The van der Waals surface area contributed by atoms with E-state index in [0.29, 0.717) is 12.3 Å². The third-order valence-electron chi connectivity index (χ3n) is 8.52. The summed E-state index contributed by atoms with van der Waals surface area (Å²) in [6.45, 7) is 15.8. The highest BCUT2D eigenvalue weighted by molar-refractivity contribution is 7.09. The smallest absolute Gasteiger partial charge is 0.309 e. The summed E-state index contributed by atoms with van der Waals surface area (Å²) in [6.07, 6.45) is 3.69. The van der Waals surface area contributed by atoms with Crippen molar-refractivity contribution in [2.24, 2.45) is 23.2 Å². The number of ketones is 1. The molecule has 3 heterocycles. The van der Waals surface area contributed by atoms with Crippen LogP contribution < -0.4 is 0 Å². The largest absolute Gasteiger partial charge is 0.458 e. The quantitative estimate of drug-likeness (QED) is 0.406. The maximum Gasteiger partial charge on any atom is 0.309 e. The van der Waals surface area contributed by atoms with Crippen LogP contribution >= 0.6 is 11.3 Å². The summed E-state index contributed by atoms with van der Waals surface area (Å²) in [4.78, 5) is 30.9. The molecule has 0 radical (unpaired) electrons. The normalized spacial score (nSPS) is 37.5. The number of carbonyl (C=O) groups excluding carboxylic acids is 2. The molecule has 0 spiro atoms. The summed E-state index contributed by atoms with van der Waals surface area (Å²) in [6, 6.07) is 0. The molecule has 0 aromatic carbocycles. The Bertz CT molecular complexity index is 953. The van der Waals surface area contributed by atoms with Crippen LogP contribution in [0, 0.1) is 30.1 Å². The number of thiazole rings is 1. The molecule has 2 saturated heterocycles. The van der Waals surface area contributed by atoms with Crippen molar-refractivity contribution in [3.8, 4) is 0 Å². The third kappa shape index (κ3) is 6.60. The predicted octanol–water partition coefficient (Wildman–Crippen LogP) is 5.75. The molecule has 0 bridgehead atoms. The van der Waals surface area contributed by atoms with Gasteiger partial charge in [0.15, 0.2) is 0 Å². The highest BCUT2D eigenvalue weighted by Crippen LogP contribution is 2.45. The van der Waals surface area contributed by atoms with Crippen molar-refractivity contribution in [2.45, 2.75) is 111 Å². The number of nitrogens with zero attached hydrogens (tertiary/aromatic N) is 1. The fourth-order valence-electron chi connectivity index (χ4n) is 5.24. The second-order valence-corrected chi connectivity index (χ2v) is 12.7. The molecular formula is C28H43NO5S. The summed E-state index contributed by atoms with van der Waals surface area (Å²) < 4.78 is 12.0. The number of aromatic nitrogens is 1. The van der Waals surface area contributed by atoms with Crippen molar-refractivity contribution in [1.29, 1.82) is 0 Å². The van der Waals surface area contributed by atoms with Gasteiger partial charge in [0.2, 0.25) is 0 Å². The van der Waals surface area contributed by atoms with E-state index in [1.807, 2.05) is 32.2 Å². The van der Waals surface area contributed by atoms with Gasteiger partial charge >= 0.3 is 5.97 Å². The summed E-state index contributed by atoms with van der Waals surface area (Å²) >= 11 is 1.58. The van der Waals surface area contributed by atoms with Crippen LogP contribution in [0.4, 0.5) is 0 Å². The third-order valence-corrected chi connectivity index (χ3v) is 9.31. The first kappa shape index (κ1) is 28.0. The first-order valence-electron chi connectivity index (χ1n) is 12.9. The number of fused-ring (bicyclic) bond motifs is 1. The van der Waals surface area contributed by atoms with Crippen molar-refractivity contribution in [3.63, 3.8) is 0 Å². The molecule has 7 unspecified atom stereocenters. The fraction of sp³-hybridized carbons (Fsp3) is 0.750. The second kappa shape index (κ2) is 10.8. The SMILES string of the molecule is CC(=Cc1csc(C)n1)C1CC2OC2(C)CCCC(C)C(C)C(C)C(=O)C(C)(C)C(O)CC(=O)O1. The van der Waals surface area contributed by atoms with Crippen molar-refractivity contribution in [3.05, 3.63) is 21.7 Å². The number of esters is 1. The van der Waals surface area contributed by atoms with E-state index in [1.165, 1.54) is 0 Å². The summed E-state index contributed by atoms with van der Waals surface area (Å²) in [5, 5.41) is 13.9. The van der Waals surface area contributed by atoms with E-state index in [2.05, 4.69) is 25.8 Å². The summed E-state index contributed by atoms with van der Waals surface area (Å²) in [5.41, 5.74) is 0.478. The monoisotopic (exact) mass is 505 g/mol. The number of aliphatic hydroxyl groups excluding tert-OH is 1. The van der Waals surface area contributed by atoms with Crippen LogP contribution in [0.5, 0.6) is 0 Å². The standard InChI is InChI=1S/C28H43NO5S/c1-16-10-9-11-28(8)24(34-28)13-22(17(2)12-21-15-35-20(5)29-21)33-25(31)14-23(30)27(6,7)26(32)19(4)18(16)3/h12,15-16,18-19,22-24,30H,9-11,13-14H2,1-8H3. The molecule has 196 valence electrons. The predicted molar refractivity (Wildman–Crippen MR) is 139 cm³/mol. The molecule has 0 saturated carbocycles. The number of aryl methyl sites for hydroxylation is 1. The van der Waals surface area contributed by atoms with E-state index in [4.69, 9.17) is 9.47 Å². The van der Waals surface area contributed by atoms with Crippen LogP contribution in [0.15, 0.2) is 11.0 Å². The molecule has 2 aliphatic heterocycles. The van der Waals surface area contributed by atoms with E-state index in [0.717, 1.165) is 35.5 Å². The highest BCUT2D eigenvalue weighted by atomic mass is 32.1. The van der Waals surface area contributed by atoms with Crippen LogP contribution in [0.25, 0.3) is 6.08 Å². The van der Waals surface area contributed by atoms with Gasteiger partial charge in [-0.15, -0.1) is 11.3 Å². The topological polar surface area (TPSA) is 89.0 Å². The van der Waals surface area contributed by atoms with E-state index >= 15 is 0 Å². The van der Waals surface area contributed by atoms with Crippen LogP contribution in [-0.4, -0.2) is 45.8 Å². The van der Waals surface area contributed by atoms with E-state index in [9.17, 15) is 14.7 Å². The maximum absolute atomic E-state index is 13.4. The Labute approximate surface area is 214 Å². The number of ether oxygens (including phenoxy) is 2. The van der Waals surface area contributed by atoms with Gasteiger partial charge < -0.3 is 14.6 Å². The van der Waals surface area contributed by atoms with Crippen molar-refractivity contribution < 1.29 is 24.2 Å². The molecule has 1 aromatic heterocycles. The molecule has 0 aliphatic carbocycles.